The molecule has 0 bridgehead atoms. The van der Waals surface area contributed by atoms with Gasteiger partial charge in [-0.05, 0) is 35.4 Å². The van der Waals surface area contributed by atoms with Crippen LogP contribution in [0.2, 0.25) is 10.0 Å². The van der Waals surface area contributed by atoms with Crippen LogP contribution in [-0.4, -0.2) is 21.6 Å². The number of ether oxygens (including phenoxy) is 1. The third-order valence-corrected chi connectivity index (χ3v) is 5.12. The minimum atomic E-state index is -0.138. The predicted molar refractivity (Wildman–Crippen MR) is 109 cm³/mol. The predicted octanol–water partition coefficient (Wildman–Crippen LogP) is 5.83. The van der Waals surface area contributed by atoms with Crippen LogP contribution in [0.5, 0.6) is 5.75 Å². The van der Waals surface area contributed by atoms with E-state index < -0.39 is 0 Å². The van der Waals surface area contributed by atoms with E-state index >= 15 is 0 Å². The van der Waals surface area contributed by atoms with Gasteiger partial charge in [0.1, 0.15) is 5.75 Å². The van der Waals surface area contributed by atoms with E-state index in [0.717, 1.165) is 28.0 Å². The number of methoxy groups -OCH3 is 1. The van der Waals surface area contributed by atoms with Gasteiger partial charge in [0.05, 0.1) is 19.5 Å². The molecule has 0 saturated carbocycles. The lowest BCUT2D eigenvalue weighted by Crippen LogP contribution is -2.11. The van der Waals surface area contributed by atoms with Crippen molar-refractivity contribution in [1.82, 2.24) is 14.5 Å². The van der Waals surface area contributed by atoms with Crippen molar-refractivity contribution in [3.05, 3.63) is 94.8 Å². The van der Waals surface area contributed by atoms with Gasteiger partial charge in [0.15, 0.2) is 0 Å². The molecule has 1 N–H and O–H groups in total. The minimum Gasteiger partial charge on any atom is -0.497 e. The molecule has 2 aromatic heterocycles. The summed E-state index contributed by atoms with van der Waals surface area (Å²) in [7, 11) is 1.66. The molecule has 4 aromatic rings. The number of nitrogens with zero attached hydrogens (tertiary/aromatic N) is 2. The summed E-state index contributed by atoms with van der Waals surface area (Å²) < 4.78 is 7.30. The molecular formula is C21H17Cl2N3O. The normalized spacial score (nSPS) is 12.1. The van der Waals surface area contributed by atoms with Crippen molar-refractivity contribution < 1.29 is 4.74 Å². The summed E-state index contributed by atoms with van der Waals surface area (Å²) in [5, 5.41) is 1.22. The first-order valence-electron chi connectivity index (χ1n) is 8.41. The molecule has 136 valence electrons. The monoisotopic (exact) mass is 397 g/mol. The topological polar surface area (TPSA) is 42.8 Å². The molecule has 0 aliphatic carbocycles. The van der Waals surface area contributed by atoms with Gasteiger partial charge in [-0.1, -0.05) is 41.4 Å². The summed E-state index contributed by atoms with van der Waals surface area (Å²) in [6, 6.07) is 13.4. The van der Waals surface area contributed by atoms with Gasteiger partial charge in [-0.3, -0.25) is 0 Å². The molecule has 0 radical (unpaired) electrons. The lowest BCUT2D eigenvalue weighted by molar-refractivity contribution is 0.415. The molecule has 6 heteroatoms. The minimum absolute atomic E-state index is 0.138. The van der Waals surface area contributed by atoms with E-state index in [0.29, 0.717) is 10.0 Å². The lowest BCUT2D eigenvalue weighted by Gasteiger charge is -2.21. The van der Waals surface area contributed by atoms with Crippen LogP contribution in [0.1, 0.15) is 17.2 Å². The molecular weight excluding hydrogens is 381 g/mol. The number of hydrogen-bond donors (Lipinski definition) is 1. The van der Waals surface area contributed by atoms with Crippen LogP contribution < -0.4 is 4.74 Å². The quantitative estimate of drug-likeness (QED) is 0.460. The van der Waals surface area contributed by atoms with Crippen LogP contribution in [0, 0.1) is 0 Å². The molecule has 4 rings (SSSR count). The molecule has 1 unspecified atom stereocenters. The SMILES string of the molecule is COc1ccc(-c2c[nH]cc2C(c2ccc(Cl)cc2Cl)n2ccnc2)cc1. The Hall–Kier alpha value is -2.69. The van der Waals surface area contributed by atoms with Gasteiger partial charge >= 0.3 is 0 Å². The number of nitrogens with one attached hydrogen (secondary N) is 1. The third kappa shape index (κ3) is 3.46. The second-order valence-corrected chi connectivity index (χ2v) is 6.97. The lowest BCUT2D eigenvalue weighted by atomic mass is 9.94. The Labute approximate surface area is 167 Å². The summed E-state index contributed by atoms with van der Waals surface area (Å²) in [5.74, 6) is 0.822. The van der Waals surface area contributed by atoms with Crippen LogP contribution in [0.4, 0.5) is 0 Å². The van der Waals surface area contributed by atoms with Gasteiger partial charge in [0.2, 0.25) is 0 Å². The number of rotatable bonds is 5. The van der Waals surface area contributed by atoms with E-state index in [-0.39, 0.29) is 6.04 Å². The fraction of sp³-hybridized carbons (Fsp3) is 0.0952. The highest BCUT2D eigenvalue weighted by Crippen LogP contribution is 2.38. The highest BCUT2D eigenvalue weighted by Gasteiger charge is 2.23. The zero-order valence-electron chi connectivity index (χ0n) is 14.6. The van der Waals surface area contributed by atoms with Crippen molar-refractivity contribution in [3.63, 3.8) is 0 Å². The standard InChI is InChI=1S/C21H17Cl2N3O/c1-27-16-5-2-14(3-6-16)18-11-25-12-19(18)21(26-9-8-24-13-26)17-7-4-15(22)10-20(17)23/h2-13,21,25H,1H3. The Balaban J connectivity index is 1.86. The maximum atomic E-state index is 6.55. The van der Waals surface area contributed by atoms with Crippen molar-refractivity contribution in [2.24, 2.45) is 0 Å². The van der Waals surface area contributed by atoms with Crippen LogP contribution in [0.3, 0.4) is 0 Å². The van der Waals surface area contributed by atoms with E-state index in [9.17, 15) is 0 Å². The van der Waals surface area contributed by atoms with Crippen molar-refractivity contribution in [3.8, 4) is 16.9 Å². The largest absolute Gasteiger partial charge is 0.497 e. The number of imidazole rings is 1. The number of aromatic nitrogens is 3. The van der Waals surface area contributed by atoms with E-state index in [2.05, 4.69) is 9.97 Å². The molecule has 2 aromatic carbocycles. The number of halogens is 2. The number of hydrogen-bond acceptors (Lipinski definition) is 2. The summed E-state index contributed by atoms with van der Waals surface area (Å²) in [6.45, 7) is 0. The van der Waals surface area contributed by atoms with E-state index in [1.807, 2.05) is 59.6 Å². The third-order valence-electron chi connectivity index (χ3n) is 4.55. The first-order valence-corrected chi connectivity index (χ1v) is 9.16. The second kappa shape index (κ2) is 7.51. The number of H-pyrrole nitrogens is 1. The number of benzene rings is 2. The Kier molecular flexibility index (Phi) is 4.92. The van der Waals surface area contributed by atoms with Gasteiger partial charge in [0, 0.05) is 46.0 Å². The average molecular weight is 398 g/mol. The molecule has 4 nitrogen and oxygen atoms in total. The van der Waals surface area contributed by atoms with Gasteiger partial charge in [-0.25, -0.2) is 4.98 Å². The van der Waals surface area contributed by atoms with E-state index in [1.54, 1.807) is 25.7 Å². The molecule has 0 aliphatic heterocycles. The zero-order valence-corrected chi connectivity index (χ0v) is 16.1. The van der Waals surface area contributed by atoms with E-state index in [4.69, 9.17) is 27.9 Å². The van der Waals surface area contributed by atoms with Crippen molar-refractivity contribution in [1.29, 1.82) is 0 Å². The second-order valence-electron chi connectivity index (χ2n) is 6.13. The highest BCUT2D eigenvalue weighted by molar-refractivity contribution is 6.35. The average Bonchev–Trinajstić information content (AvgIpc) is 3.36. The van der Waals surface area contributed by atoms with Crippen molar-refractivity contribution in [2.45, 2.75) is 6.04 Å². The first-order chi connectivity index (χ1) is 13.2. The molecule has 0 fully saturated rings. The summed E-state index contributed by atoms with van der Waals surface area (Å²) >= 11 is 12.7. The Morgan fingerprint density at radius 1 is 1.04 bits per heavy atom. The fourth-order valence-electron chi connectivity index (χ4n) is 3.26. The molecule has 0 spiro atoms. The van der Waals surface area contributed by atoms with Crippen molar-refractivity contribution >= 4 is 23.2 Å². The Bertz CT molecular complexity index is 1040. The Morgan fingerprint density at radius 2 is 1.85 bits per heavy atom. The molecule has 0 amide bonds. The first kappa shape index (κ1) is 17.7. The molecule has 1 atom stereocenters. The fourth-order valence-corrected chi connectivity index (χ4v) is 3.77. The smallest absolute Gasteiger partial charge is 0.118 e. The van der Waals surface area contributed by atoms with Crippen LogP contribution in [0.25, 0.3) is 11.1 Å². The van der Waals surface area contributed by atoms with Crippen molar-refractivity contribution in [2.75, 3.05) is 7.11 Å². The van der Waals surface area contributed by atoms with Crippen LogP contribution >= 0.6 is 23.2 Å². The maximum absolute atomic E-state index is 6.55. The van der Waals surface area contributed by atoms with Gasteiger partial charge in [-0.2, -0.15) is 0 Å². The molecule has 27 heavy (non-hydrogen) atoms. The van der Waals surface area contributed by atoms with Crippen LogP contribution in [0.15, 0.2) is 73.6 Å². The molecule has 0 saturated heterocycles. The number of aromatic amines is 1. The van der Waals surface area contributed by atoms with Gasteiger partial charge in [0.25, 0.3) is 0 Å². The summed E-state index contributed by atoms with van der Waals surface area (Å²) in [6.07, 6.45) is 9.47. The maximum Gasteiger partial charge on any atom is 0.118 e. The van der Waals surface area contributed by atoms with Gasteiger partial charge < -0.3 is 14.3 Å². The van der Waals surface area contributed by atoms with Gasteiger partial charge in [-0.15, -0.1) is 0 Å². The van der Waals surface area contributed by atoms with Crippen LogP contribution in [-0.2, 0) is 0 Å². The summed E-state index contributed by atoms with van der Waals surface area (Å²) in [4.78, 5) is 7.45. The summed E-state index contributed by atoms with van der Waals surface area (Å²) in [5.41, 5.74) is 4.21. The molecule has 0 aliphatic rings. The van der Waals surface area contributed by atoms with E-state index in [1.165, 1.54) is 0 Å². The molecule has 2 heterocycles. The highest BCUT2D eigenvalue weighted by atomic mass is 35.5. The zero-order chi connectivity index (χ0) is 18.8. The Morgan fingerprint density at radius 3 is 2.52 bits per heavy atom.